The third kappa shape index (κ3) is 7.93. The molecule has 4 aliphatic rings. The van der Waals surface area contributed by atoms with Gasteiger partial charge in [0.05, 0.1) is 29.6 Å². The molecule has 2 aromatic carbocycles. The van der Waals surface area contributed by atoms with Crippen molar-refractivity contribution in [3.05, 3.63) is 71.8 Å². The first kappa shape index (κ1) is 45.3. The number of rotatable bonds is 9. The maximum atomic E-state index is 15.0. The minimum absolute atomic E-state index is 0.0618. The van der Waals surface area contributed by atoms with Crippen LogP contribution < -0.4 is 5.32 Å². The minimum atomic E-state index is -2.39. The Labute approximate surface area is 353 Å². The molecule has 12 unspecified atom stereocenters. The van der Waals surface area contributed by atoms with Crippen LogP contribution in [0.3, 0.4) is 0 Å². The summed E-state index contributed by atoms with van der Waals surface area (Å²) in [6, 6.07) is 14.6. The largest absolute Gasteiger partial charge is 0.459 e. The molecule has 61 heavy (non-hydrogen) atoms. The molecule has 1 amide bonds. The number of amides is 1. The van der Waals surface area contributed by atoms with Gasteiger partial charge in [-0.15, -0.1) is 0 Å². The van der Waals surface area contributed by atoms with Gasteiger partial charge >= 0.3 is 30.0 Å². The van der Waals surface area contributed by atoms with E-state index in [0.717, 1.165) is 13.8 Å². The first-order valence-corrected chi connectivity index (χ1v) is 20.4. The van der Waals surface area contributed by atoms with Crippen LogP contribution in [0.5, 0.6) is 0 Å². The Kier molecular flexibility index (Phi) is 12.1. The number of Topliss-reactive ketones (excluding diaryl/α,β-unsaturated/α-hetero) is 2. The first-order chi connectivity index (χ1) is 28.4. The molecule has 1 heterocycles. The molecule has 3 saturated carbocycles. The molecule has 0 spiro atoms. The molecule has 1 aliphatic heterocycles. The Hall–Kier alpha value is -5.19. The first-order valence-electron chi connectivity index (χ1n) is 20.4. The molecule has 2 bridgehead atoms. The van der Waals surface area contributed by atoms with Crippen LogP contribution in [0.4, 0.5) is 4.79 Å². The Balaban J connectivity index is 1.50. The molecule has 16 nitrogen and oxygen atoms in total. The van der Waals surface area contributed by atoms with Crippen LogP contribution in [-0.4, -0.2) is 106 Å². The molecule has 0 aromatic heterocycles. The van der Waals surface area contributed by atoms with E-state index < -0.39 is 130 Å². The van der Waals surface area contributed by atoms with Crippen molar-refractivity contribution in [2.24, 2.45) is 28.6 Å². The zero-order chi connectivity index (χ0) is 45.0. The van der Waals surface area contributed by atoms with E-state index >= 15 is 0 Å². The Morgan fingerprint density at radius 2 is 1.51 bits per heavy atom. The van der Waals surface area contributed by atoms with Crippen LogP contribution in [0.2, 0.25) is 0 Å². The number of carbonyl (C=O) groups is 7. The summed E-state index contributed by atoms with van der Waals surface area (Å²) in [5.74, 6) is -9.95. The molecule has 1 saturated heterocycles. The highest BCUT2D eigenvalue weighted by Gasteiger charge is 2.79. The highest BCUT2D eigenvalue weighted by molar-refractivity contribution is 6.40. The molecule has 16 heteroatoms. The van der Waals surface area contributed by atoms with Crippen molar-refractivity contribution >= 4 is 41.5 Å². The lowest BCUT2D eigenvalue weighted by atomic mass is 9.42. The average molecular weight is 850 g/mol. The number of nitrogens with one attached hydrogen (secondary N) is 1. The van der Waals surface area contributed by atoms with Gasteiger partial charge in [-0.3, -0.25) is 19.2 Å². The molecule has 330 valence electrons. The van der Waals surface area contributed by atoms with E-state index in [9.17, 15) is 43.8 Å². The van der Waals surface area contributed by atoms with Gasteiger partial charge in [0.25, 0.3) is 0 Å². The summed E-state index contributed by atoms with van der Waals surface area (Å²) in [5.41, 5.74) is -8.48. The van der Waals surface area contributed by atoms with Crippen LogP contribution in [0.1, 0.15) is 97.1 Å². The maximum Gasteiger partial charge on any atom is 0.408 e. The number of benzene rings is 2. The van der Waals surface area contributed by atoms with Gasteiger partial charge in [-0.2, -0.15) is 0 Å². The summed E-state index contributed by atoms with van der Waals surface area (Å²) in [7, 11) is 0. The molecular formula is C45H55NO15. The number of fused-ring (bicyclic) bond motifs is 5. The van der Waals surface area contributed by atoms with Gasteiger partial charge in [-0.1, -0.05) is 69.3 Å². The fourth-order valence-electron chi connectivity index (χ4n) is 10.2. The quantitative estimate of drug-likeness (QED) is 0.184. The topological polar surface area (TPSA) is 227 Å². The van der Waals surface area contributed by atoms with Crippen molar-refractivity contribution in [3.8, 4) is 0 Å². The van der Waals surface area contributed by atoms with Crippen molar-refractivity contribution in [3.63, 3.8) is 0 Å². The molecule has 3 aliphatic carbocycles. The molecule has 4 fully saturated rings. The monoisotopic (exact) mass is 849 g/mol. The summed E-state index contributed by atoms with van der Waals surface area (Å²) in [5, 5.41) is 28.0. The zero-order valence-corrected chi connectivity index (χ0v) is 35.8. The lowest BCUT2D eigenvalue weighted by Crippen LogP contribution is -2.82. The number of carbonyl (C=O) groups excluding carboxylic acids is 7. The van der Waals surface area contributed by atoms with Crippen LogP contribution in [0.15, 0.2) is 60.7 Å². The number of ketones is 2. The van der Waals surface area contributed by atoms with E-state index in [-0.39, 0.29) is 18.6 Å². The summed E-state index contributed by atoms with van der Waals surface area (Å²) >= 11 is 0. The molecule has 3 N–H and O–H groups in total. The van der Waals surface area contributed by atoms with Crippen molar-refractivity contribution in [2.45, 2.75) is 129 Å². The second-order valence-corrected chi connectivity index (χ2v) is 18.5. The fraction of sp³-hybridized carbons (Fsp3) is 0.578. The Bertz CT molecular complexity index is 2070. The van der Waals surface area contributed by atoms with Crippen LogP contribution >= 0.6 is 0 Å². The minimum Gasteiger partial charge on any atom is -0.459 e. The van der Waals surface area contributed by atoms with Crippen molar-refractivity contribution in [1.82, 2.24) is 5.32 Å². The second kappa shape index (κ2) is 16.3. The SMILES string of the molecule is CC(=O)OC(C(=O)OC1CC2(O)C(OC(=O)c3ccccc3)C3C4(OC(C)=O)COC4CC(O)C3(C)C(=O)C(=O)C(C1C)C2(C)C)C(NC(=O)OC(C)(C)C)c1ccccc1. The number of esters is 4. The van der Waals surface area contributed by atoms with E-state index in [1.54, 1.807) is 76.2 Å². The summed E-state index contributed by atoms with van der Waals surface area (Å²) < 4.78 is 35.4. The highest BCUT2D eigenvalue weighted by atomic mass is 16.6. The van der Waals surface area contributed by atoms with Crippen molar-refractivity contribution in [2.75, 3.05) is 6.61 Å². The third-order valence-corrected chi connectivity index (χ3v) is 13.1. The number of hydrogen-bond acceptors (Lipinski definition) is 15. The predicted octanol–water partition coefficient (Wildman–Crippen LogP) is 3.97. The summed E-state index contributed by atoms with van der Waals surface area (Å²) in [4.78, 5) is 97.4. The Morgan fingerprint density at radius 3 is 2.05 bits per heavy atom. The second-order valence-electron chi connectivity index (χ2n) is 18.5. The van der Waals surface area contributed by atoms with Gasteiger partial charge < -0.3 is 44.0 Å². The average Bonchev–Trinajstić information content (AvgIpc) is 3.17. The predicted molar refractivity (Wildman–Crippen MR) is 212 cm³/mol. The van der Waals surface area contributed by atoms with E-state index in [4.69, 9.17) is 28.4 Å². The maximum absolute atomic E-state index is 15.0. The number of aliphatic hydroxyl groups excluding tert-OH is 1. The molecule has 6 rings (SSSR count). The Morgan fingerprint density at radius 1 is 0.902 bits per heavy atom. The number of hydrogen-bond donors (Lipinski definition) is 3. The number of aliphatic hydroxyl groups is 2. The van der Waals surface area contributed by atoms with E-state index in [0.29, 0.717) is 5.56 Å². The van der Waals surface area contributed by atoms with Gasteiger partial charge in [-0.05, 0) is 45.4 Å². The smallest absolute Gasteiger partial charge is 0.408 e. The molecule has 12 atom stereocenters. The van der Waals surface area contributed by atoms with Crippen molar-refractivity contribution in [1.29, 1.82) is 0 Å². The van der Waals surface area contributed by atoms with Gasteiger partial charge in [0, 0.05) is 43.9 Å². The third-order valence-electron chi connectivity index (χ3n) is 13.1. The van der Waals surface area contributed by atoms with E-state index in [1.807, 2.05) is 0 Å². The van der Waals surface area contributed by atoms with Crippen LogP contribution in [-0.2, 0) is 52.4 Å². The standard InChI is InChI=1S/C45H55NO15/c1-23-28(58-39(53)34(57-24(2)47)32(26-16-12-10-13-17-26)46-40(54)61-41(4,5)6)21-45(55)37(59-38(52)27-18-14-11-15-19-27)35-43(9,36(51)33(50)31(23)42(45,7)8)29(49)20-30-44(35,22-56-30)60-25(3)48/h10-19,23,28-32,34-35,37,49,55H,20-22H2,1-9H3,(H,46,54). The number of alkyl carbamates (subject to hydrolysis) is 1. The zero-order valence-electron chi connectivity index (χ0n) is 35.8. The molecular weight excluding hydrogens is 794 g/mol. The lowest BCUT2D eigenvalue weighted by molar-refractivity contribution is -0.350. The number of ether oxygens (including phenoxy) is 6. The van der Waals surface area contributed by atoms with E-state index in [1.165, 1.54) is 32.9 Å². The van der Waals surface area contributed by atoms with Crippen LogP contribution in [0, 0.1) is 28.6 Å². The highest BCUT2D eigenvalue weighted by Crippen LogP contribution is 2.64. The van der Waals surface area contributed by atoms with Gasteiger partial charge in [0.2, 0.25) is 17.7 Å². The summed E-state index contributed by atoms with van der Waals surface area (Å²) in [6.07, 6.45) is -9.45. The van der Waals surface area contributed by atoms with Gasteiger partial charge in [0.15, 0.2) is 5.60 Å². The van der Waals surface area contributed by atoms with Crippen LogP contribution in [0.25, 0.3) is 0 Å². The summed E-state index contributed by atoms with van der Waals surface area (Å²) in [6.45, 7) is 12.8. The molecule has 0 radical (unpaired) electrons. The van der Waals surface area contributed by atoms with E-state index in [2.05, 4.69) is 5.32 Å². The molecule has 2 aromatic rings. The van der Waals surface area contributed by atoms with Gasteiger partial charge in [-0.25, -0.2) is 14.4 Å². The normalized spacial score (nSPS) is 33.7. The van der Waals surface area contributed by atoms with Crippen molar-refractivity contribution < 1.29 is 72.2 Å². The fourth-order valence-corrected chi connectivity index (χ4v) is 10.2. The van der Waals surface area contributed by atoms with Gasteiger partial charge in [0.1, 0.15) is 35.6 Å². The lowest BCUT2D eigenvalue weighted by Gasteiger charge is -2.67.